The number of hydrogen-bond acceptors (Lipinski definition) is 2. The molecule has 1 aliphatic rings. The van der Waals surface area contributed by atoms with E-state index in [9.17, 15) is 9.18 Å². The molecular formula is C13H15BrFNO2. The van der Waals surface area contributed by atoms with E-state index in [2.05, 4.69) is 21.2 Å². The van der Waals surface area contributed by atoms with Crippen LogP contribution in [-0.2, 0) is 4.79 Å². The first-order valence-electron chi connectivity index (χ1n) is 6.00. The van der Waals surface area contributed by atoms with Gasteiger partial charge in [-0.3, -0.25) is 4.79 Å². The summed E-state index contributed by atoms with van der Waals surface area (Å²) in [6, 6.07) is 4.89. The number of nitrogens with one attached hydrogen (secondary N) is 1. The highest BCUT2D eigenvalue weighted by atomic mass is 79.9. The third-order valence-electron chi connectivity index (χ3n) is 3.31. The molecule has 1 saturated carbocycles. The van der Waals surface area contributed by atoms with Crippen LogP contribution in [-0.4, -0.2) is 17.1 Å². The van der Waals surface area contributed by atoms with Crippen molar-refractivity contribution >= 4 is 27.6 Å². The van der Waals surface area contributed by atoms with Crippen LogP contribution in [0.15, 0.2) is 22.7 Å². The molecule has 2 rings (SSSR count). The molecule has 1 aliphatic carbocycles. The van der Waals surface area contributed by atoms with Crippen molar-refractivity contribution in [2.24, 2.45) is 5.92 Å². The van der Waals surface area contributed by atoms with Gasteiger partial charge in [0.25, 0.3) is 0 Å². The van der Waals surface area contributed by atoms with Gasteiger partial charge in [0.15, 0.2) is 0 Å². The number of aliphatic carboxylic acids is 1. The number of benzene rings is 1. The fraction of sp³-hybridized carbons (Fsp3) is 0.462. The first-order valence-corrected chi connectivity index (χ1v) is 6.80. The molecule has 0 heterocycles. The van der Waals surface area contributed by atoms with E-state index in [0.29, 0.717) is 10.9 Å². The van der Waals surface area contributed by atoms with Gasteiger partial charge in [0.05, 0.1) is 10.4 Å². The Bertz CT molecular complexity index is 453. The van der Waals surface area contributed by atoms with Crippen molar-refractivity contribution in [2.45, 2.75) is 31.7 Å². The minimum atomic E-state index is -0.721. The SMILES string of the molecule is O=C(O)C1CCCC(Nc2ccc(F)c(Br)c2)C1. The maximum atomic E-state index is 13.1. The Kier molecular flexibility index (Phi) is 4.22. The van der Waals surface area contributed by atoms with Gasteiger partial charge in [0.1, 0.15) is 5.82 Å². The lowest BCUT2D eigenvalue weighted by molar-refractivity contribution is -0.142. The summed E-state index contributed by atoms with van der Waals surface area (Å²) in [6.45, 7) is 0. The Morgan fingerprint density at radius 3 is 2.89 bits per heavy atom. The molecule has 0 saturated heterocycles. The van der Waals surface area contributed by atoms with Crippen LogP contribution >= 0.6 is 15.9 Å². The number of carboxylic acid groups (broad SMARTS) is 1. The molecule has 3 nitrogen and oxygen atoms in total. The zero-order valence-corrected chi connectivity index (χ0v) is 11.4. The third kappa shape index (κ3) is 3.22. The zero-order chi connectivity index (χ0) is 13.1. The van der Waals surface area contributed by atoms with Crippen LogP contribution in [0.4, 0.5) is 10.1 Å². The van der Waals surface area contributed by atoms with Crippen molar-refractivity contribution in [2.75, 3.05) is 5.32 Å². The highest BCUT2D eigenvalue weighted by Gasteiger charge is 2.26. The Morgan fingerprint density at radius 2 is 2.22 bits per heavy atom. The largest absolute Gasteiger partial charge is 0.481 e. The van der Waals surface area contributed by atoms with E-state index in [1.54, 1.807) is 12.1 Å². The first kappa shape index (κ1) is 13.3. The molecule has 0 spiro atoms. The molecule has 0 bridgehead atoms. The average Bonchev–Trinajstić information content (AvgIpc) is 2.34. The van der Waals surface area contributed by atoms with E-state index in [1.165, 1.54) is 6.07 Å². The lowest BCUT2D eigenvalue weighted by Gasteiger charge is -2.28. The Hall–Kier alpha value is -1.10. The van der Waals surface area contributed by atoms with Crippen LogP contribution in [0.2, 0.25) is 0 Å². The molecule has 5 heteroatoms. The quantitative estimate of drug-likeness (QED) is 0.895. The fourth-order valence-electron chi connectivity index (χ4n) is 2.37. The van der Waals surface area contributed by atoms with E-state index in [4.69, 9.17) is 5.11 Å². The van der Waals surface area contributed by atoms with Gasteiger partial charge in [-0.05, 0) is 53.4 Å². The van der Waals surface area contributed by atoms with Gasteiger partial charge in [-0.1, -0.05) is 6.42 Å². The molecule has 2 atom stereocenters. The van der Waals surface area contributed by atoms with E-state index >= 15 is 0 Å². The van der Waals surface area contributed by atoms with E-state index in [-0.39, 0.29) is 17.8 Å². The molecule has 0 radical (unpaired) electrons. The molecule has 0 amide bonds. The fourth-order valence-corrected chi connectivity index (χ4v) is 2.75. The normalized spacial score (nSPS) is 23.7. The summed E-state index contributed by atoms with van der Waals surface area (Å²) in [6.07, 6.45) is 3.25. The summed E-state index contributed by atoms with van der Waals surface area (Å²) in [5.74, 6) is -1.28. The second-order valence-electron chi connectivity index (χ2n) is 4.67. The molecule has 2 unspecified atom stereocenters. The van der Waals surface area contributed by atoms with Crippen LogP contribution in [0.25, 0.3) is 0 Å². The topological polar surface area (TPSA) is 49.3 Å². The maximum Gasteiger partial charge on any atom is 0.306 e. The van der Waals surface area contributed by atoms with E-state index in [0.717, 1.165) is 24.9 Å². The average molecular weight is 316 g/mol. The molecule has 2 N–H and O–H groups in total. The maximum absolute atomic E-state index is 13.1. The van der Waals surface area contributed by atoms with Crippen molar-refractivity contribution in [3.63, 3.8) is 0 Å². The van der Waals surface area contributed by atoms with Crippen molar-refractivity contribution in [1.82, 2.24) is 0 Å². The Balaban J connectivity index is 2.00. The molecule has 18 heavy (non-hydrogen) atoms. The van der Waals surface area contributed by atoms with Gasteiger partial charge >= 0.3 is 5.97 Å². The summed E-state index contributed by atoms with van der Waals surface area (Å²) in [4.78, 5) is 11.0. The minimum absolute atomic E-state index is 0.150. The van der Waals surface area contributed by atoms with Gasteiger partial charge in [-0.2, -0.15) is 0 Å². The summed E-state index contributed by atoms with van der Waals surface area (Å²) in [5.41, 5.74) is 0.819. The number of hydrogen-bond donors (Lipinski definition) is 2. The monoisotopic (exact) mass is 315 g/mol. The van der Waals surface area contributed by atoms with Gasteiger partial charge in [0, 0.05) is 11.7 Å². The summed E-state index contributed by atoms with van der Waals surface area (Å²) < 4.78 is 13.5. The first-order chi connectivity index (χ1) is 8.56. The van der Waals surface area contributed by atoms with Crippen LogP contribution in [0.5, 0.6) is 0 Å². The number of rotatable bonds is 3. The van der Waals surface area contributed by atoms with Crippen LogP contribution in [0, 0.1) is 11.7 Å². The molecule has 1 aromatic carbocycles. The van der Waals surface area contributed by atoms with Crippen molar-refractivity contribution < 1.29 is 14.3 Å². The number of carboxylic acids is 1. The van der Waals surface area contributed by atoms with Crippen LogP contribution < -0.4 is 5.32 Å². The number of anilines is 1. The standard InChI is InChI=1S/C13H15BrFNO2/c14-11-7-10(4-5-12(11)15)16-9-3-1-2-8(6-9)13(17)18/h4-5,7-9,16H,1-3,6H2,(H,17,18). The molecule has 0 aromatic heterocycles. The predicted octanol–water partition coefficient (Wildman–Crippen LogP) is 3.64. The van der Waals surface area contributed by atoms with Gasteiger partial charge < -0.3 is 10.4 Å². The number of carbonyl (C=O) groups is 1. The molecule has 98 valence electrons. The Morgan fingerprint density at radius 1 is 1.44 bits per heavy atom. The van der Waals surface area contributed by atoms with Crippen molar-refractivity contribution in [1.29, 1.82) is 0 Å². The third-order valence-corrected chi connectivity index (χ3v) is 3.92. The number of halogens is 2. The summed E-state index contributed by atoms with van der Waals surface area (Å²) >= 11 is 3.14. The lowest BCUT2D eigenvalue weighted by Crippen LogP contribution is -2.30. The van der Waals surface area contributed by atoms with Crippen molar-refractivity contribution in [3.05, 3.63) is 28.5 Å². The van der Waals surface area contributed by atoms with E-state index < -0.39 is 5.97 Å². The minimum Gasteiger partial charge on any atom is -0.481 e. The highest BCUT2D eigenvalue weighted by molar-refractivity contribution is 9.10. The molecule has 1 aromatic rings. The molecule has 0 aliphatic heterocycles. The Labute approximate surface area is 114 Å². The van der Waals surface area contributed by atoms with Gasteiger partial charge in [-0.15, -0.1) is 0 Å². The second-order valence-corrected chi connectivity index (χ2v) is 5.53. The van der Waals surface area contributed by atoms with E-state index in [1.807, 2.05) is 0 Å². The van der Waals surface area contributed by atoms with Gasteiger partial charge in [0.2, 0.25) is 0 Å². The smallest absolute Gasteiger partial charge is 0.306 e. The summed E-state index contributed by atoms with van der Waals surface area (Å²) in [7, 11) is 0. The molecular weight excluding hydrogens is 301 g/mol. The zero-order valence-electron chi connectivity index (χ0n) is 9.83. The van der Waals surface area contributed by atoms with Crippen LogP contribution in [0.3, 0.4) is 0 Å². The molecule has 1 fully saturated rings. The summed E-state index contributed by atoms with van der Waals surface area (Å²) in [5, 5.41) is 12.3. The second kappa shape index (κ2) is 5.69. The van der Waals surface area contributed by atoms with Gasteiger partial charge in [-0.25, -0.2) is 4.39 Å². The highest BCUT2D eigenvalue weighted by Crippen LogP contribution is 2.28. The van der Waals surface area contributed by atoms with Crippen LogP contribution in [0.1, 0.15) is 25.7 Å². The van der Waals surface area contributed by atoms with Crippen molar-refractivity contribution in [3.8, 4) is 0 Å². The lowest BCUT2D eigenvalue weighted by atomic mass is 9.85. The predicted molar refractivity (Wildman–Crippen MR) is 71.1 cm³/mol.